The quantitative estimate of drug-likeness (QED) is 0.797. The van der Waals surface area contributed by atoms with Crippen molar-refractivity contribution < 1.29 is 4.79 Å². The fourth-order valence-corrected chi connectivity index (χ4v) is 5.25. The van der Waals surface area contributed by atoms with E-state index in [0.29, 0.717) is 16.9 Å². The van der Waals surface area contributed by atoms with Gasteiger partial charge in [0.1, 0.15) is 6.54 Å². The molecule has 0 aliphatic heterocycles. The zero-order valence-electron chi connectivity index (χ0n) is 17.2. The number of fused-ring (bicyclic) bond motifs is 1. The number of carbonyl (C=O) groups excluding carboxylic acids is 1. The summed E-state index contributed by atoms with van der Waals surface area (Å²) in [6.07, 6.45) is 6.13. The lowest BCUT2D eigenvalue weighted by Crippen LogP contribution is -2.45. The van der Waals surface area contributed by atoms with Crippen LogP contribution in [-0.4, -0.2) is 16.5 Å². The van der Waals surface area contributed by atoms with Crippen molar-refractivity contribution in [1.29, 1.82) is 0 Å². The number of amides is 1. The molecule has 4 rings (SSSR count). The number of carbonyl (C=O) groups is 1. The minimum atomic E-state index is -0.124. The van der Waals surface area contributed by atoms with Crippen LogP contribution in [0.25, 0.3) is 11.1 Å². The maximum Gasteiger partial charge on any atom is 0.251 e. The van der Waals surface area contributed by atoms with Crippen LogP contribution in [0, 0.1) is 11.8 Å². The first-order chi connectivity index (χ1) is 14.0. The molecular formula is C24H29ClN2O2. The van der Waals surface area contributed by atoms with Crippen LogP contribution in [0.5, 0.6) is 0 Å². The van der Waals surface area contributed by atoms with Crippen LogP contribution in [0.2, 0.25) is 5.02 Å². The Morgan fingerprint density at radius 2 is 1.93 bits per heavy atom. The van der Waals surface area contributed by atoms with Gasteiger partial charge < -0.3 is 9.88 Å². The Labute approximate surface area is 177 Å². The highest BCUT2D eigenvalue weighted by atomic mass is 35.5. The topological polar surface area (TPSA) is 51.1 Å². The van der Waals surface area contributed by atoms with Crippen molar-refractivity contribution in [2.24, 2.45) is 11.8 Å². The molecule has 5 heteroatoms. The lowest BCUT2D eigenvalue weighted by atomic mass is 9.78. The smallest absolute Gasteiger partial charge is 0.251 e. The van der Waals surface area contributed by atoms with Crippen molar-refractivity contribution in [2.45, 2.75) is 65.0 Å². The minimum absolute atomic E-state index is 0.0577. The highest BCUT2D eigenvalue weighted by Crippen LogP contribution is 2.35. The van der Waals surface area contributed by atoms with E-state index in [1.807, 2.05) is 24.3 Å². The summed E-state index contributed by atoms with van der Waals surface area (Å²) >= 11 is 6.40. The Hall–Kier alpha value is -2.07. The molecule has 1 aromatic heterocycles. The molecule has 1 aromatic carbocycles. The average molecular weight is 413 g/mol. The molecule has 0 unspecified atom stereocenters. The molecule has 3 atom stereocenters. The molecule has 1 saturated carbocycles. The van der Waals surface area contributed by atoms with Crippen LogP contribution < -0.4 is 10.9 Å². The number of pyridine rings is 1. The van der Waals surface area contributed by atoms with Crippen molar-refractivity contribution >= 4 is 17.5 Å². The van der Waals surface area contributed by atoms with Gasteiger partial charge in [0.25, 0.3) is 5.56 Å². The van der Waals surface area contributed by atoms with Gasteiger partial charge in [-0.2, -0.15) is 0 Å². The van der Waals surface area contributed by atoms with E-state index >= 15 is 0 Å². The normalized spacial score (nSPS) is 23.6. The second-order valence-corrected chi connectivity index (χ2v) is 9.09. The maximum absolute atomic E-state index is 13.0. The Bertz CT molecular complexity index is 981. The van der Waals surface area contributed by atoms with Crippen molar-refractivity contribution in [2.75, 3.05) is 0 Å². The molecule has 1 heterocycles. The predicted molar refractivity (Wildman–Crippen MR) is 117 cm³/mol. The molecule has 1 fully saturated rings. The molecule has 0 radical (unpaired) electrons. The zero-order chi connectivity index (χ0) is 20.5. The van der Waals surface area contributed by atoms with E-state index in [1.54, 1.807) is 10.6 Å². The SMILES string of the molecule is C[C@@H]1[C@H](C)CCC[C@@H]1NC(=O)Cn1c2c(c(-c3ccccc3Cl)cc1=O)CCC2. The Morgan fingerprint density at radius 1 is 1.14 bits per heavy atom. The standard InChI is InChI=1S/C24H29ClN2O2/c1-15-7-5-11-21(16(15)2)26-23(28)14-27-22-12-6-9-18(22)19(13-24(27)29)17-8-3-4-10-20(17)25/h3-4,8,10,13,15-16,21H,5-7,9,11-12,14H2,1-2H3,(H,26,28)/t15-,16-,21+/m1/s1. The van der Waals surface area contributed by atoms with Crippen molar-refractivity contribution in [3.8, 4) is 11.1 Å². The lowest BCUT2D eigenvalue weighted by Gasteiger charge is -2.34. The summed E-state index contributed by atoms with van der Waals surface area (Å²) in [5, 5.41) is 3.85. The van der Waals surface area contributed by atoms with Crippen LogP contribution in [0.1, 0.15) is 50.8 Å². The van der Waals surface area contributed by atoms with Crippen LogP contribution in [0.15, 0.2) is 35.1 Å². The van der Waals surface area contributed by atoms with Gasteiger partial charge in [-0.15, -0.1) is 0 Å². The van der Waals surface area contributed by atoms with E-state index in [2.05, 4.69) is 19.2 Å². The van der Waals surface area contributed by atoms with E-state index in [4.69, 9.17) is 11.6 Å². The van der Waals surface area contributed by atoms with Crippen molar-refractivity contribution in [1.82, 2.24) is 9.88 Å². The van der Waals surface area contributed by atoms with Gasteiger partial charge >= 0.3 is 0 Å². The van der Waals surface area contributed by atoms with E-state index in [-0.39, 0.29) is 24.1 Å². The van der Waals surface area contributed by atoms with Crippen molar-refractivity contribution in [3.63, 3.8) is 0 Å². The van der Waals surface area contributed by atoms with Gasteiger partial charge in [0.05, 0.1) is 0 Å². The number of benzene rings is 1. The Morgan fingerprint density at radius 3 is 2.72 bits per heavy atom. The fraction of sp³-hybridized carbons (Fsp3) is 0.500. The van der Waals surface area contributed by atoms with Crippen LogP contribution >= 0.6 is 11.6 Å². The van der Waals surface area contributed by atoms with Gasteiger partial charge in [0, 0.05) is 28.4 Å². The molecule has 4 nitrogen and oxygen atoms in total. The molecule has 1 N–H and O–H groups in total. The minimum Gasteiger partial charge on any atom is -0.352 e. The van der Waals surface area contributed by atoms with Gasteiger partial charge in [-0.3, -0.25) is 9.59 Å². The summed E-state index contributed by atoms with van der Waals surface area (Å²) in [5.74, 6) is 1.03. The average Bonchev–Trinajstić information content (AvgIpc) is 3.18. The summed E-state index contributed by atoms with van der Waals surface area (Å²) in [7, 11) is 0. The van der Waals surface area contributed by atoms with Crippen molar-refractivity contribution in [3.05, 3.63) is 57.0 Å². The highest BCUT2D eigenvalue weighted by Gasteiger charge is 2.29. The van der Waals surface area contributed by atoms with Gasteiger partial charge in [-0.1, -0.05) is 56.5 Å². The first-order valence-electron chi connectivity index (χ1n) is 10.8. The third-order valence-electron chi connectivity index (χ3n) is 6.89. The van der Waals surface area contributed by atoms with Crippen LogP contribution in [0.3, 0.4) is 0 Å². The number of nitrogens with one attached hydrogen (secondary N) is 1. The molecular weight excluding hydrogens is 384 g/mol. The lowest BCUT2D eigenvalue weighted by molar-refractivity contribution is -0.123. The third kappa shape index (κ3) is 4.00. The molecule has 2 aliphatic rings. The summed E-state index contributed by atoms with van der Waals surface area (Å²) in [5.41, 5.74) is 3.84. The monoisotopic (exact) mass is 412 g/mol. The summed E-state index contributed by atoms with van der Waals surface area (Å²) in [4.78, 5) is 25.8. The molecule has 0 bridgehead atoms. The van der Waals surface area contributed by atoms with Gasteiger partial charge in [0.15, 0.2) is 0 Å². The Balaban J connectivity index is 1.61. The molecule has 29 heavy (non-hydrogen) atoms. The van der Waals surface area contributed by atoms with E-state index in [0.717, 1.165) is 54.5 Å². The molecule has 1 amide bonds. The van der Waals surface area contributed by atoms with E-state index in [1.165, 1.54) is 6.42 Å². The predicted octanol–water partition coefficient (Wildman–Crippen LogP) is 4.60. The zero-order valence-corrected chi connectivity index (χ0v) is 18.0. The van der Waals surface area contributed by atoms with Crippen LogP contribution in [-0.2, 0) is 24.2 Å². The summed E-state index contributed by atoms with van der Waals surface area (Å²) < 4.78 is 1.68. The first kappa shape index (κ1) is 20.2. The molecule has 154 valence electrons. The molecule has 2 aliphatic carbocycles. The third-order valence-corrected chi connectivity index (χ3v) is 7.22. The molecule has 0 saturated heterocycles. The second-order valence-electron chi connectivity index (χ2n) is 8.68. The molecule has 0 spiro atoms. The van der Waals surface area contributed by atoms with E-state index < -0.39 is 0 Å². The number of aromatic nitrogens is 1. The number of halogens is 1. The maximum atomic E-state index is 13.0. The highest BCUT2D eigenvalue weighted by molar-refractivity contribution is 6.33. The van der Waals surface area contributed by atoms with Gasteiger partial charge in [-0.05, 0) is 54.7 Å². The van der Waals surface area contributed by atoms with E-state index in [9.17, 15) is 9.59 Å². The van der Waals surface area contributed by atoms with Gasteiger partial charge in [0.2, 0.25) is 5.91 Å². The van der Waals surface area contributed by atoms with Crippen LogP contribution in [0.4, 0.5) is 0 Å². The number of hydrogen-bond donors (Lipinski definition) is 1. The summed E-state index contributed by atoms with van der Waals surface area (Å²) in [6, 6.07) is 9.50. The number of rotatable bonds is 4. The van der Waals surface area contributed by atoms with Gasteiger partial charge in [-0.25, -0.2) is 0 Å². The summed E-state index contributed by atoms with van der Waals surface area (Å²) in [6.45, 7) is 4.58. The molecule has 2 aromatic rings. The largest absolute Gasteiger partial charge is 0.352 e. The Kier molecular flexibility index (Phi) is 5.82. The second kappa shape index (κ2) is 8.35. The fourth-order valence-electron chi connectivity index (χ4n) is 5.01. The number of nitrogens with zero attached hydrogens (tertiary/aromatic N) is 1. The number of hydrogen-bond acceptors (Lipinski definition) is 2. The first-order valence-corrected chi connectivity index (χ1v) is 11.1.